The number of furan rings is 1. The van der Waals surface area contributed by atoms with Gasteiger partial charge in [-0.25, -0.2) is 4.98 Å². The number of carbonyl (C=O) groups excluding carboxylic acids is 2. The molecule has 3 aromatic rings. The van der Waals surface area contributed by atoms with Crippen molar-refractivity contribution in [3.63, 3.8) is 0 Å². The number of rotatable bonds is 5. The van der Waals surface area contributed by atoms with Crippen molar-refractivity contribution in [2.75, 3.05) is 10.6 Å². The molecule has 0 bridgehead atoms. The fraction of sp³-hybridized carbons (Fsp3) is 0.118. The van der Waals surface area contributed by atoms with E-state index >= 15 is 0 Å². The average molecular weight is 420 g/mol. The molecule has 0 aliphatic heterocycles. The summed E-state index contributed by atoms with van der Waals surface area (Å²) in [4.78, 5) is 28.3. The molecule has 0 radical (unpaired) electrons. The fourth-order valence-electron chi connectivity index (χ4n) is 2.14. The Morgan fingerprint density at radius 2 is 2.12 bits per heavy atom. The predicted molar refractivity (Wildman–Crippen MR) is 100.0 cm³/mol. The van der Waals surface area contributed by atoms with Gasteiger partial charge in [0.2, 0.25) is 5.91 Å². The smallest absolute Gasteiger partial charge is 0.293 e. The molecular formula is C17H14BrN3O3S. The van der Waals surface area contributed by atoms with Crippen LogP contribution in [0.3, 0.4) is 0 Å². The largest absolute Gasteiger partial charge is 0.459 e. The first-order valence-electron chi connectivity index (χ1n) is 7.36. The van der Waals surface area contributed by atoms with Crippen molar-refractivity contribution in [2.24, 2.45) is 0 Å². The highest BCUT2D eigenvalue weighted by atomic mass is 79.9. The second-order valence-electron chi connectivity index (χ2n) is 5.26. The predicted octanol–water partition coefficient (Wildman–Crippen LogP) is 4.24. The van der Waals surface area contributed by atoms with E-state index in [0.717, 1.165) is 15.7 Å². The number of thiazole rings is 1. The normalized spacial score (nSPS) is 10.5. The summed E-state index contributed by atoms with van der Waals surface area (Å²) in [6.07, 6.45) is 1.55. The van der Waals surface area contributed by atoms with E-state index in [4.69, 9.17) is 4.42 Å². The molecule has 0 fully saturated rings. The van der Waals surface area contributed by atoms with Gasteiger partial charge in [0.15, 0.2) is 10.9 Å². The summed E-state index contributed by atoms with van der Waals surface area (Å²) in [6, 6.07) is 8.84. The second kappa shape index (κ2) is 7.62. The quantitative estimate of drug-likeness (QED) is 0.647. The van der Waals surface area contributed by atoms with Crippen molar-refractivity contribution in [3.05, 3.63) is 63.5 Å². The van der Waals surface area contributed by atoms with Crippen LogP contribution >= 0.6 is 27.3 Å². The first-order chi connectivity index (χ1) is 12.0. The molecular weight excluding hydrogens is 406 g/mol. The first kappa shape index (κ1) is 17.4. The standard InChI is InChI=1S/C17H14BrN3O3S/c1-10-7-11(18)4-5-13(10)20-15(22)8-12-9-25-17(19-12)21-16(23)14-3-2-6-24-14/h2-7,9H,8H2,1H3,(H,20,22)(H,19,21,23). The second-order valence-corrected chi connectivity index (χ2v) is 7.03. The number of nitrogens with one attached hydrogen (secondary N) is 2. The molecule has 6 nitrogen and oxygen atoms in total. The van der Waals surface area contributed by atoms with Gasteiger partial charge in [0.05, 0.1) is 18.4 Å². The first-order valence-corrected chi connectivity index (χ1v) is 9.04. The van der Waals surface area contributed by atoms with Crippen LogP contribution in [0.25, 0.3) is 0 Å². The Bertz CT molecular complexity index is 906. The minimum Gasteiger partial charge on any atom is -0.459 e. The fourth-order valence-corrected chi connectivity index (χ4v) is 3.32. The molecule has 0 spiro atoms. The van der Waals surface area contributed by atoms with Gasteiger partial charge >= 0.3 is 0 Å². The molecule has 8 heteroatoms. The zero-order valence-electron chi connectivity index (χ0n) is 13.2. The lowest BCUT2D eigenvalue weighted by Gasteiger charge is -2.07. The van der Waals surface area contributed by atoms with Crippen LogP contribution in [0.1, 0.15) is 21.8 Å². The SMILES string of the molecule is Cc1cc(Br)ccc1NC(=O)Cc1csc(NC(=O)c2ccco2)n1. The Balaban J connectivity index is 1.59. The maximum atomic E-state index is 12.2. The molecule has 2 aromatic heterocycles. The van der Waals surface area contributed by atoms with Crippen LogP contribution in [-0.2, 0) is 11.2 Å². The van der Waals surface area contributed by atoms with Gasteiger partial charge in [0, 0.05) is 15.5 Å². The van der Waals surface area contributed by atoms with Crippen molar-refractivity contribution >= 4 is 49.9 Å². The molecule has 0 aliphatic carbocycles. The molecule has 0 saturated heterocycles. The summed E-state index contributed by atoms with van der Waals surface area (Å²) in [6.45, 7) is 1.92. The summed E-state index contributed by atoms with van der Waals surface area (Å²) in [5, 5.41) is 7.66. The number of aromatic nitrogens is 1. The summed E-state index contributed by atoms with van der Waals surface area (Å²) >= 11 is 4.65. The van der Waals surface area contributed by atoms with E-state index in [0.29, 0.717) is 10.8 Å². The summed E-state index contributed by atoms with van der Waals surface area (Å²) < 4.78 is 5.98. The molecule has 25 heavy (non-hydrogen) atoms. The van der Waals surface area contributed by atoms with Crippen LogP contribution in [0.2, 0.25) is 0 Å². The number of halogens is 1. The number of carbonyl (C=O) groups is 2. The lowest BCUT2D eigenvalue weighted by Crippen LogP contribution is -2.15. The van der Waals surface area contributed by atoms with Gasteiger partial charge in [-0.2, -0.15) is 0 Å². The van der Waals surface area contributed by atoms with Gasteiger partial charge in [0.1, 0.15) is 0 Å². The highest BCUT2D eigenvalue weighted by molar-refractivity contribution is 9.10. The van der Waals surface area contributed by atoms with Crippen molar-refractivity contribution in [3.8, 4) is 0 Å². The Morgan fingerprint density at radius 1 is 1.28 bits per heavy atom. The summed E-state index contributed by atoms with van der Waals surface area (Å²) in [7, 11) is 0. The van der Waals surface area contributed by atoms with Crippen LogP contribution in [0.4, 0.5) is 10.8 Å². The third kappa shape index (κ3) is 4.55. The van der Waals surface area contributed by atoms with Crippen molar-refractivity contribution in [1.82, 2.24) is 4.98 Å². The molecule has 128 valence electrons. The molecule has 0 unspecified atom stereocenters. The van der Waals surface area contributed by atoms with Crippen molar-refractivity contribution in [1.29, 1.82) is 0 Å². The van der Waals surface area contributed by atoms with E-state index in [-0.39, 0.29) is 24.0 Å². The number of nitrogens with zero attached hydrogens (tertiary/aromatic N) is 1. The van der Waals surface area contributed by atoms with Gasteiger partial charge in [-0.05, 0) is 42.8 Å². The molecule has 2 amide bonds. The number of hydrogen-bond donors (Lipinski definition) is 2. The van der Waals surface area contributed by atoms with Gasteiger partial charge in [-0.15, -0.1) is 11.3 Å². The van der Waals surface area contributed by atoms with Gasteiger partial charge in [-0.3, -0.25) is 14.9 Å². The minimum absolute atomic E-state index is 0.128. The highest BCUT2D eigenvalue weighted by Gasteiger charge is 2.13. The van der Waals surface area contributed by atoms with Crippen molar-refractivity contribution in [2.45, 2.75) is 13.3 Å². The minimum atomic E-state index is -0.374. The molecule has 0 atom stereocenters. The summed E-state index contributed by atoms with van der Waals surface area (Å²) in [5.41, 5.74) is 2.31. The van der Waals surface area contributed by atoms with Gasteiger partial charge < -0.3 is 9.73 Å². The number of hydrogen-bond acceptors (Lipinski definition) is 5. The highest BCUT2D eigenvalue weighted by Crippen LogP contribution is 2.21. The number of aryl methyl sites for hydroxylation is 1. The zero-order valence-corrected chi connectivity index (χ0v) is 15.6. The zero-order chi connectivity index (χ0) is 17.8. The maximum Gasteiger partial charge on any atom is 0.293 e. The molecule has 1 aromatic carbocycles. The van der Waals surface area contributed by atoms with Gasteiger partial charge in [-0.1, -0.05) is 15.9 Å². The lowest BCUT2D eigenvalue weighted by molar-refractivity contribution is -0.115. The molecule has 0 saturated carbocycles. The van der Waals surface area contributed by atoms with E-state index in [9.17, 15) is 9.59 Å². The number of amides is 2. The van der Waals surface area contributed by atoms with Crippen LogP contribution in [-0.4, -0.2) is 16.8 Å². The third-order valence-electron chi connectivity index (χ3n) is 3.32. The Labute approximate surface area is 156 Å². The molecule has 3 rings (SSSR count). The molecule has 0 aliphatic rings. The van der Waals surface area contributed by atoms with Crippen LogP contribution < -0.4 is 10.6 Å². The van der Waals surface area contributed by atoms with Crippen LogP contribution in [0, 0.1) is 6.92 Å². The van der Waals surface area contributed by atoms with Crippen LogP contribution in [0.15, 0.2) is 50.9 Å². The topological polar surface area (TPSA) is 84.2 Å². The van der Waals surface area contributed by atoms with Crippen LogP contribution in [0.5, 0.6) is 0 Å². The van der Waals surface area contributed by atoms with Gasteiger partial charge in [0.25, 0.3) is 5.91 Å². The summed E-state index contributed by atoms with van der Waals surface area (Å²) in [5.74, 6) is -0.333. The Kier molecular flexibility index (Phi) is 5.30. The van der Waals surface area contributed by atoms with E-state index in [1.165, 1.54) is 17.6 Å². The van der Waals surface area contributed by atoms with E-state index in [1.54, 1.807) is 17.5 Å². The van der Waals surface area contributed by atoms with E-state index in [2.05, 4.69) is 31.5 Å². The third-order valence-corrected chi connectivity index (χ3v) is 4.62. The molecule has 2 heterocycles. The lowest BCUT2D eigenvalue weighted by atomic mass is 10.2. The van der Waals surface area contributed by atoms with E-state index < -0.39 is 0 Å². The van der Waals surface area contributed by atoms with E-state index in [1.807, 2.05) is 25.1 Å². The Hall–Kier alpha value is -2.45. The average Bonchev–Trinajstić information content (AvgIpc) is 3.22. The van der Waals surface area contributed by atoms with Crippen molar-refractivity contribution < 1.29 is 14.0 Å². The monoisotopic (exact) mass is 419 g/mol. The maximum absolute atomic E-state index is 12.2. The molecule has 2 N–H and O–H groups in total. The Morgan fingerprint density at radius 3 is 2.84 bits per heavy atom. The number of benzene rings is 1. The number of anilines is 2.